The van der Waals surface area contributed by atoms with Gasteiger partial charge >= 0.3 is 0 Å². The van der Waals surface area contributed by atoms with E-state index in [4.69, 9.17) is 0 Å². The molecule has 110 valence electrons. The van der Waals surface area contributed by atoms with Crippen molar-refractivity contribution in [1.29, 1.82) is 0 Å². The summed E-state index contributed by atoms with van der Waals surface area (Å²) in [6.45, 7) is 0. The first kappa shape index (κ1) is 12.6. The van der Waals surface area contributed by atoms with Crippen LogP contribution in [0, 0.1) is 5.92 Å². The number of aromatic nitrogens is 3. The molecule has 1 aliphatic heterocycles. The van der Waals surface area contributed by atoms with Crippen molar-refractivity contribution in [3.05, 3.63) is 58.4 Å². The van der Waals surface area contributed by atoms with Crippen LogP contribution < -0.4 is 0 Å². The van der Waals surface area contributed by atoms with E-state index in [1.54, 1.807) is 11.3 Å². The van der Waals surface area contributed by atoms with Gasteiger partial charge in [-0.2, -0.15) is 0 Å². The van der Waals surface area contributed by atoms with Crippen LogP contribution in [-0.2, 0) is 6.42 Å². The van der Waals surface area contributed by atoms with E-state index >= 15 is 0 Å². The molecule has 0 bridgehead atoms. The number of aryl methyl sites for hydroxylation is 1. The molecule has 1 aliphatic carbocycles. The Labute approximate surface area is 132 Å². The highest BCUT2D eigenvalue weighted by Crippen LogP contribution is 2.50. The van der Waals surface area contributed by atoms with Crippen molar-refractivity contribution in [3.63, 3.8) is 0 Å². The number of hydrogen-bond donors (Lipinski definition) is 1. The third-order valence-electron chi connectivity index (χ3n) is 4.99. The second kappa shape index (κ2) is 4.51. The van der Waals surface area contributed by atoms with Crippen LogP contribution in [-0.4, -0.2) is 19.6 Å². The van der Waals surface area contributed by atoms with E-state index in [0.717, 1.165) is 29.1 Å². The highest BCUT2D eigenvalue weighted by molar-refractivity contribution is 7.09. The molecule has 4 nitrogen and oxygen atoms in total. The zero-order valence-electron chi connectivity index (χ0n) is 11.9. The molecule has 0 amide bonds. The molecular formula is C17H15N3OS. The van der Waals surface area contributed by atoms with Crippen LogP contribution in [0.5, 0.6) is 0 Å². The molecule has 5 heteroatoms. The van der Waals surface area contributed by atoms with Gasteiger partial charge in [0.2, 0.25) is 0 Å². The Morgan fingerprint density at radius 3 is 3.14 bits per heavy atom. The van der Waals surface area contributed by atoms with Gasteiger partial charge in [-0.15, -0.1) is 11.3 Å². The Morgan fingerprint density at radius 1 is 1.27 bits per heavy atom. The van der Waals surface area contributed by atoms with Gasteiger partial charge < -0.3 is 9.67 Å². The topological polar surface area (TPSA) is 50.9 Å². The smallest absolute Gasteiger partial charge is 0.0956 e. The SMILES string of the molecule is O[C@@H]1c2scnc2CCC1[C@@H]1c2ccccc2-c2cncn21. The highest BCUT2D eigenvalue weighted by atomic mass is 32.1. The lowest BCUT2D eigenvalue weighted by molar-refractivity contribution is 0.0748. The summed E-state index contributed by atoms with van der Waals surface area (Å²) < 4.78 is 2.23. The van der Waals surface area contributed by atoms with E-state index in [2.05, 4.69) is 38.8 Å². The summed E-state index contributed by atoms with van der Waals surface area (Å²) in [5.74, 6) is 0.171. The van der Waals surface area contributed by atoms with Crippen molar-refractivity contribution in [2.24, 2.45) is 5.92 Å². The number of thiazole rings is 1. The van der Waals surface area contributed by atoms with Crippen LogP contribution in [0.15, 0.2) is 42.3 Å². The molecule has 1 unspecified atom stereocenters. The minimum Gasteiger partial charge on any atom is -0.387 e. The molecule has 5 rings (SSSR count). The van der Waals surface area contributed by atoms with Gasteiger partial charge in [0.05, 0.1) is 46.4 Å². The minimum absolute atomic E-state index is 0.166. The van der Waals surface area contributed by atoms with E-state index < -0.39 is 6.10 Å². The fourth-order valence-electron chi connectivity index (χ4n) is 4.00. The Balaban J connectivity index is 1.65. The lowest BCUT2D eigenvalue weighted by atomic mass is 9.80. The number of nitrogens with zero attached hydrogens (tertiary/aromatic N) is 3. The molecule has 0 radical (unpaired) electrons. The molecule has 0 spiro atoms. The summed E-state index contributed by atoms with van der Waals surface area (Å²) in [5, 5.41) is 10.9. The van der Waals surface area contributed by atoms with Crippen molar-refractivity contribution in [2.45, 2.75) is 25.0 Å². The van der Waals surface area contributed by atoms with E-state index in [9.17, 15) is 5.11 Å². The predicted molar refractivity (Wildman–Crippen MR) is 84.7 cm³/mol. The van der Waals surface area contributed by atoms with Crippen LogP contribution in [0.25, 0.3) is 11.3 Å². The van der Waals surface area contributed by atoms with Gasteiger partial charge in [-0.3, -0.25) is 0 Å². The van der Waals surface area contributed by atoms with Gasteiger partial charge in [0.1, 0.15) is 0 Å². The maximum Gasteiger partial charge on any atom is 0.0956 e. The summed E-state index contributed by atoms with van der Waals surface area (Å²) in [4.78, 5) is 9.75. The standard InChI is InChI=1S/C17H15N3OS/c21-16-12(5-6-13-17(16)22-9-19-13)15-11-4-2-1-3-10(11)14-7-18-8-20(14)15/h1-4,7-9,12,15-16,21H,5-6H2/t12?,15-,16-/m0/s1. The molecule has 2 aliphatic rings. The van der Waals surface area contributed by atoms with Crippen molar-refractivity contribution < 1.29 is 5.11 Å². The molecule has 1 aromatic carbocycles. The largest absolute Gasteiger partial charge is 0.387 e. The van der Waals surface area contributed by atoms with E-state index in [-0.39, 0.29) is 12.0 Å². The average Bonchev–Trinajstić information content (AvgIpc) is 3.23. The van der Waals surface area contributed by atoms with Gasteiger partial charge in [-0.25, -0.2) is 9.97 Å². The number of hydrogen-bond acceptors (Lipinski definition) is 4. The molecule has 3 aromatic rings. The maximum atomic E-state index is 10.9. The number of fused-ring (bicyclic) bond motifs is 4. The fourth-order valence-corrected chi connectivity index (χ4v) is 4.90. The van der Waals surface area contributed by atoms with Gasteiger partial charge in [-0.1, -0.05) is 24.3 Å². The quantitative estimate of drug-likeness (QED) is 0.751. The second-order valence-corrected chi connectivity index (χ2v) is 6.92. The first-order valence-electron chi connectivity index (χ1n) is 7.56. The first-order chi connectivity index (χ1) is 10.8. The van der Waals surface area contributed by atoms with E-state index in [0.29, 0.717) is 0 Å². The Bertz CT molecular complexity index is 853. The highest BCUT2D eigenvalue weighted by Gasteiger charge is 2.41. The number of aliphatic hydroxyl groups excluding tert-OH is 1. The van der Waals surface area contributed by atoms with Crippen molar-refractivity contribution >= 4 is 11.3 Å². The zero-order chi connectivity index (χ0) is 14.7. The number of imidazole rings is 1. The predicted octanol–water partition coefficient (Wildman–Crippen LogP) is 3.21. The number of benzene rings is 1. The Kier molecular flexibility index (Phi) is 2.57. The molecule has 1 N–H and O–H groups in total. The van der Waals surface area contributed by atoms with E-state index in [1.165, 1.54) is 11.1 Å². The molecule has 0 saturated heterocycles. The summed E-state index contributed by atoms with van der Waals surface area (Å²) in [7, 11) is 0. The Hall–Kier alpha value is -1.98. The zero-order valence-corrected chi connectivity index (χ0v) is 12.7. The molecule has 3 heterocycles. The molecule has 0 fully saturated rings. The van der Waals surface area contributed by atoms with Gasteiger partial charge in [0.25, 0.3) is 0 Å². The summed E-state index contributed by atoms with van der Waals surface area (Å²) in [6.07, 6.45) is 5.28. The lowest BCUT2D eigenvalue weighted by Crippen LogP contribution is -2.27. The molecule has 0 saturated carbocycles. The summed E-state index contributed by atoms with van der Waals surface area (Å²) in [6, 6.07) is 8.65. The van der Waals surface area contributed by atoms with E-state index in [1.807, 2.05) is 18.0 Å². The molecule has 2 aromatic heterocycles. The van der Waals surface area contributed by atoms with Crippen LogP contribution >= 0.6 is 11.3 Å². The van der Waals surface area contributed by atoms with Crippen molar-refractivity contribution in [3.8, 4) is 11.3 Å². The van der Waals surface area contributed by atoms with Crippen LogP contribution in [0.2, 0.25) is 0 Å². The minimum atomic E-state index is -0.442. The Morgan fingerprint density at radius 2 is 2.18 bits per heavy atom. The molecular weight excluding hydrogens is 294 g/mol. The normalized spacial score (nSPS) is 25.6. The van der Waals surface area contributed by atoms with Crippen molar-refractivity contribution in [2.75, 3.05) is 0 Å². The third-order valence-corrected chi connectivity index (χ3v) is 5.93. The monoisotopic (exact) mass is 309 g/mol. The van der Waals surface area contributed by atoms with Crippen LogP contribution in [0.4, 0.5) is 0 Å². The van der Waals surface area contributed by atoms with Crippen LogP contribution in [0.1, 0.15) is 34.7 Å². The lowest BCUT2D eigenvalue weighted by Gasteiger charge is -2.33. The number of rotatable bonds is 1. The van der Waals surface area contributed by atoms with Gasteiger partial charge in [-0.05, 0) is 18.4 Å². The maximum absolute atomic E-state index is 10.9. The molecule has 3 atom stereocenters. The van der Waals surface area contributed by atoms with Crippen LogP contribution in [0.3, 0.4) is 0 Å². The van der Waals surface area contributed by atoms with Crippen molar-refractivity contribution in [1.82, 2.24) is 14.5 Å². The van der Waals surface area contributed by atoms with Gasteiger partial charge in [0.15, 0.2) is 0 Å². The average molecular weight is 309 g/mol. The summed E-state index contributed by atoms with van der Waals surface area (Å²) in [5.41, 5.74) is 6.62. The number of aliphatic hydroxyl groups is 1. The fraction of sp³-hybridized carbons (Fsp3) is 0.294. The second-order valence-electron chi connectivity index (χ2n) is 6.03. The first-order valence-corrected chi connectivity index (χ1v) is 8.44. The molecule has 22 heavy (non-hydrogen) atoms. The third kappa shape index (κ3) is 1.55. The summed E-state index contributed by atoms with van der Waals surface area (Å²) >= 11 is 1.57. The van der Waals surface area contributed by atoms with Gasteiger partial charge in [0, 0.05) is 11.5 Å².